The molecule has 0 unspecified atom stereocenters. The van der Waals surface area contributed by atoms with Crippen LogP contribution in [0.25, 0.3) is 0 Å². The number of carbonyl (C=O) groups excluding carboxylic acids is 1. The summed E-state index contributed by atoms with van der Waals surface area (Å²) in [7, 11) is 3.90. The van der Waals surface area contributed by atoms with Gasteiger partial charge >= 0.3 is 0 Å². The van der Waals surface area contributed by atoms with Crippen molar-refractivity contribution in [3.05, 3.63) is 59.2 Å². The van der Waals surface area contributed by atoms with Crippen LogP contribution < -0.4 is 15.2 Å². The van der Waals surface area contributed by atoms with Crippen molar-refractivity contribution < 1.29 is 4.79 Å². The number of hydrazone groups is 1. The summed E-state index contributed by atoms with van der Waals surface area (Å²) in [5, 5.41) is 4.13. The zero-order valence-corrected chi connectivity index (χ0v) is 15.7. The van der Waals surface area contributed by atoms with E-state index in [0.717, 1.165) is 29.9 Å². The summed E-state index contributed by atoms with van der Waals surface area (Å²) in [5.74, 6) is -0.212. The third-order valence-electron chi connectivity index (χ3n) is 4.72. The van der Waals surface area contributed by atoms with E-state index in [1.54, 1.807) is 12.3 Å². The normalized spacial score (nSPS) is 14.0. The minimum absolute atomic E-state index is 0.212. The summed E-state index contributed by atoms with van der Waals surface area (Å²) in [4.78, 5) is 16.6. The molecule has 1 heterocycles. The summed E-state index contributed by atoms with van der Waals surface area (Å²) >= 11 is 0. The first-order valence-corrected chi connectivity index (χ1v) is 9.01. The van der Waals surface area contributed by atoms with Crippen LogP contribution >= 0.6 is 0 Å². The molecule has 136 valence electrons. The Morgan fingerprint density at radius 2 is 1.92 bits per heavy atom. The molecule has 3 rings (SSSR count). The van der Waals surface area contributed by atoms with Gasteiger partial charge in [-0.15, -0.1) is 0 Å². The standard InChI is InChI=1S/C21H26N4O/c1-16-13-20(25-11-4-5-12-25)10-9-18(16)15-22-23-21(26)17-7-6-8-19(14-17)24(2)3/h6-10,13-15H,4-5,11-12H2,1-3H3,(H,23,26)/b22-15-. The first-order chi connectivity index (χ1) is 12.5. The molecule has 1 amide bonds. The van der Waals surface area contributed by atoms with Crippen LogP contribution in [-0.4, -0.2) is 39.3 Å². The minimum atomic E-state index is -0.212. The van der Waals surface area contributed by atoms with E-state index in [1.165, 1.54) is 18.5 Å². The van der Waals surface area contributed by atoms with E-state index in [4.69, 9.17) is 0 Å². The van der Waals surface area contributed by atoms with Crippen LogP contribution in [-0.2, 0) is 0 Å². The Morgan fingerprint density at radius 1 is 1.15 bits per heavy atom. The van der Waals surface area contributed by atoms with E-state index in [9.17, 15) is 4.79 Å². The molecule has 0 atom stereocenters. The SMILES string of the molecule is Cc1cc(N2CCCC2)ccc1/C=N\NC(=O)c1cccc(N(C)C)c1. The molecule has 2 aromatic rings. The Hall–Kier alpha value is -2.82. The van der Waals surface area contributed by atoms with Crippen molar-refractivity contribution in [2.24, 2.45) is 5.10 Å². The van der Waals surface area contributed by atoms with E-state index >= 15 is 0 Å². The first-order valence-electron chi connectivity index (χ1n) is 9.01. The lowest BCUT2D eigenvalue weighted by molar-refractivity contribution is 0.0955. The number of benzene rings is 2. The number of hydrogen-bond acceptors (Lipinski definition) is 4. The highest BCUT2D eigenvalue weighted by atomic mass is 16.2. The number of hydrogen-bond donors (Lipinski definition) is 1. The van der Waals surface area contributed by atoms with E-state index in [1.807, 2.05) is 37.2 Å². The molecule has 1 aliphatic heterocycles. The van der Waals surface area contributed by atoms with Crippen molar-refractivity contribution in [1.82, 2.24) is 5.43 Å². The minimum Gasteiger partial charge on any atom is -0.378 e. The molecule has 2 aromatic carbocycles. The summed E-state index contributed by atoms with van der Waals surface area (Å²) in [5.41, 5.74) is 7.62. The summed E-state index contributed by atoms with van der Waals surface area (Å²) < 4.78 is 0. The smallest absolute Gasteiger partial charge is 0.271 e. The zero-order chi connectivity index (χ0) is 18.5. The summed E-state index contributed by atoms with van der Waals surface area (Å²) in [6, 6.07) is 13.8. The van der Waals surface area contributed by atoms with Crippen molar-refractivity contribution in [3.63, 3.8) is 0 Å². The Labute approximate surface area is 155 Å². The predicted octanol–water partition coefficient (Wildman–Crippen LogP) is 3.43. The molecule has 1 N–H and O–H groups in total. The van der Waals surface area contributed by atoms with Gasteiger partial charge in [-0.25, -0.2) is 5.43 Å². The second-order valence-corrected chi connectivity index (χ2v) is 6.88. The van der Waals surface area contributed by atoms with Crippen molar-refractivity contribution in [1.29, 1.82) is 0 Å². The van der Waals surface area contributed by atoms with Gasteiger partial charge in [0.25, 0.3) is 5.91 Å². The van der Waals surface area contributed by atoms with Crippen molar-refractivity contribution in [2.45, 2.75) is 19.8 Å². The molecule has 5 heteroatoms. The van der Waals surface area contributed by atoms with Gasteiger partial charge in [-0.1, -0.05) is 12.1 Å². The number of nitrogens with zero attached hydrogens (tertiary/aromatic N) is 3. The third-order valence-corrected chi connectivity index (χ3v) is 4.72. The van der Waals surface area contributed by atoms with E-state index in [2.05, 4.69) is 40.5 Å². The molecule has 1 saturated heterocycles. The lowest BCUT2D eigenvalue weighted by Gasteiger charge is -2.18. The highest BCUT2D eigenvalue weighted by Crippen LogP contribution is 2.22. The van der Waals surface area contributed by atoms with Gasteiger partial charge in [0.15, 0.2) is 0 Å². The van der Waals surface area contributed by atoms with Gasteiger partial charge in [0.2, 0.25) is 0 Å². The highest BCUT2D eigenvalue weighted by molar-refractivity contribution is 5.95. The molecule has 0 radical (unpaired) electrons. The molecular formula is C21H26N4O. The van der Waals surface area contributed by atoms with Crippen LogP contribution in [0.15, 0.2) is 47.6 Å². The number of nitrogens with one attached hydrogen (secondary N) is 1. The number of carbonyl (C=O) groups is 1. The molecular weight excluding hydrogens is 324 g/mol. The molecule has 1 fully saturated rings. The fraction of sp³-hybridized carbons (Fsp3) is 0.333. The molecule has 0 saturated carbocycles. The van der Waals surface area contributed by atoms with Crippen molar-refractivity contribution >= 4 is 23.5 Å². The van der Waals surface area contributed by atoms with Crippen LogP contribution in [0, 0.1) is 6.92 Å². The van der Waals surface area contributed by atoms with Gasteiger partial charge in [0.1, 0.15) is 0 Å². The Kier molecular flexibility index (Phi) is 5.56. The second-order valence-electron chi connectivity index (χ2n) is 6.88. The quantitative estimate of drug-likeness (QED) is 0.664. The fourth-order valence-corrected chi connectivity index (χ4v) is 3.13. The van der Waals surface area contributed by atoms with Gasteiger partial charge < -0.3 is 9.80 Å². The maximum absolute atomic E-state index is 12.3. The van der Waals surface area contributed by atoms with Gasteiger partial charge in [-0.05, 0) is 61.2 Å². The Morgan fingerprint density at radius 3 is 2.62 bits per heavy atom. The van der Waals surface area contributed by atoms with Gasteiger partial charge in [0, 0.05) is 44.1 Å². The average molecular weight is 350 g/mol. The predicted molar refractivity (Wildman–Crippen MR) is 108 cm³/mol. The van der Waals surface area contributed by atoms with Crippen molar-refractivity contribution in [2.75, 3.05) is 37.0 Å². The zero-order valence-electron chi connectivity index (χ0n) is 15.7. The number of anilines is 2. The van der Waals surface area contributed by atoms with Crippen LogP contribution in [0.2, 0.25) is 0 Å². The van der Waals surface area contributed by atoms with Crippen LogP contribution in [0.4, 0.5) is 11.4 Å². The summed E-state index contributed by atoms with van der Waals surface area (Å²) in [6.45, 7) is 4.34. The number of aryl methyl sites for hydroxylation is 1. The molecule has 0 aliphatic carbocycles. The fourth-order valence-electron chi connectivity index (χ4n) is 3.13. The monoisotopic (exact) mass is 350 g/mol. The topological polar surface area (TPSA) is 47.9 Å². The molecule has 0 bridgehead atoms. The lowest BCUT2D eigenvalue weighted by atomic mass is 10.1. The number of rotatable bonds is 5. The second kappa shape index (κ2) is 8.04. The van der Waals surface area contributed by atoms with E-state index in [0.29, 0.717) is 5.56 Å². The third kappa shape index (κ3) is 4.23. The Balaban J connectivity index is 1.64. The summed E-state index contributed by atoms with van der Waals surface area (Å²) in [6.07, 6.45) is 4.24. The molecule has 26 heavy (non-hydrogen) atoms. The van der Waals surface area contributed by atoms with Crippen LogP contribution in [0.5, 0.6) is 0 Å². The van der Waals surface area contributed by atoms with E-state index in [-0.39, 0.29) is 5.91 Å². The van der Waals surface area contributed by atoms with Gasteiger partial charge in [-0.3, -0.25) is 4.79 Å². The number of amides is 1. The lowest BCUT2D eigenvalue weighted by Crippen LogP contribution is -2.19. The first kappa shape index (κ1) is 18.0. The van der Waals surface area contributed by atoms with Crippen molar-refractivity contribution in [3.8, 4) is 0 Å². The highest BCUT2D eigenvalue weighted by Gasteiger charge is 2.12. The molecule has 1 aliphatic rings. The maximum Gasteiger partial charge on any atom is 0.271 e. The largest absolute Gasteiger partial charge is 0.378 e. The molecule has 0 aromatic heterocycles. The maximum atomic E-state index is 12.3. The molecule has 5 nitrogen and oxygen atoms in total. The van der Waals surface area contributed by atoms with E-state index < -0.39 is 0 Å². The van der Waals surface area contributed by atoms with Gasteiger partial charge in [-0.2, -0.15) is 5.10 Å². The molecule has 0 spiro atoms. The average Bonchev–Trinajstić information content (AvgIpc) is 3.17. The Bertz CT molecular complexity index is 807. The van der Waals surface area contributed by atoms with Crippen LogP contribution in [0.3, 0.4) is 0 Å². The van der Waals surface area contributed by atoms with Gasteiger partial charge in [0.05, 0.1) is 6.21 Å². The van der Waals surface area contributed by atoms with Crippen LogP contribution in [0.1, 0.15) is 34.3 Å².